The van der Waals surface area contributed by atoms with E-state index in [1.165, 1.54) is 11.1 Å². The van der Waals surface area contributed by atoms with Crippen molar-refractivity contribution in [1.29, 1.82) is 0 Å². The molecule has 0 aliphatic carbocycles. The van der Waals surface area contributed by atoms with Gasteiger partial charge in [-0.1, -0.05) is 45.0 Å². The molecule has 1 fully saturated rings. The summed E-state index contributed by atoms with van der Waals surface area (Å²) in [7, 11) is 0. The predicted octanol–water partition coefficient (Wildman–Crippen LogP) is 4.83. The van der Waals surface area contributed by atoms with Crippen molar-refractivity contribution in [3.63, 3.8) is 0 Å². The Balaban J connectivity index is 1.63. The van der Waals surface area contributed by atoms with Crippen LogP contribution in [0, 0.1) is 5.41 Å². The van der Waals surface area contributed by atoms with E-state index in [4.69, 9.17) is 9.97 Å². The lowest BCUT2D eigenvalue weighted by Crippen LogP contribution is -2.38. The highest BCUT2D eigenvalue weighted by Crippen LogP contribution is 2.32. The second-order valence-electron chi connectivity index (χ2n) is 8.37. The van der Waals surface area contributed by atoms with Crippen LogP contribution < -0.4 is 10.2 Å². The number of pyridine rings is 1. The molecule has 1 aliphatic heterocycles. The number of aryl methyl sites for hydroxylation is 1. The average molecular weight is 376 g/mol. The summed E-state index contributed by atoms with van der Waals surface area (Å²) < 4.78 is 0. The molecule has 0 amide bonds. The van der Waals surface area contributed by atoms with Gasteiger partial charge in [-0.15, -0.1) is 0 Å². The van der Waals surface area contributed by atoms with Crippen molar-refractivity contribution in [2.75, 3.05) is 23.3 Å². The number of anilines is 2. The number of benzene rings is 1. The molecule has 5 heteroatoms. The van der Waals surface area contributed by atoms with Gasteiger partial charge in [-0.3, -0.25) is 0 Å². The third kappa shape index (κ3) is 3.93. The average Bonchev–Trinajstić information content (AvgIpc) is 2.72. The van der Waals surface area contributed by atoms with Crippen molar-refractivity contribution in [2.24, 2.45) is 5.41 Å². The Morgan fingerprint density at radius 3 is 2.50 bits per heavy atom. The fourth-order valence-corrected chi connectivity index (χ4v) is 3.79. The molecule has 1 aliphatic rings. The SMILES string of the molecule is CCc1ccccc1CNc1nc(N2CCC(C)(C)CC2)nc2ncccc12. The molecule has 0 atom stereocenters. The molecule has 28 heavy (non-hydrogen) atoms. The van der Waals surface area contributed by atoms with Crippen LogP contribution in [-0.4, -0.2) is 28.0 Å². The Morgan fingerprint density at radius 1 is 1.00 bits per heavy atom. The van der Waals surface area contributed by atoms with Gasteiger partial charge in [0.15, 0.2) is 5.65 Å². The minimum atomic E-state index is 0.399. The minimum Gasteiger partial charge on any atom is -0.365 e. The molecule has 146 valence electrons. The van der Waals surface area contributed by atoms with Crippen molar-refractivity contribution >= 4 is 22.8 Å². The number of aromatic nitrogens is 3. The van der Waals surface area contributed by atoms with Crippen LogP contribution in [0.3, 0.4) is 0 Å². The number of fused-ring (bicyclic) bond motifs is 1. The Kier molecular flexibility index (Phi) is 5.16. The molecule has 1 N–H and O–H groups in total. The molecule has 4 rings (SSSR count). The standard InChI is InChI=1S/C23H29N5/c1-4-17-8-5-6-9-18(17)16-25-21-19-10-7-13-24-20(19)26-22(27-21)28-14-11-23(2,3)12-15-28/h5-10,13H,4,11-12,14-16H2,1-3H3,(H,24,25,26,27). The van der Waals surface area contributed by atoms with Gasteiger partial charge >= 0.3 is 0 Å². The highest BCUT2D eigenvalue weighted by Gasteiger charge is 2.27. The Bertz CT molecular complexity index is 956. The third-order valence-electron chi connectivity index (χ3n) is 5.80. The van der Waals surface area contributed by atoms with Gasteiger partial charge in [0.25, 0.3) is 0 Å². The second kappa shape index (κ2) is 7.74. The van der Waals surface area contributed by atoms with Gasteiger partial charge in [0.05, 0.1) is 5.39 Å². The topological polar surface area (TPSA) is 53.9 Å². The zero-order chi connectivity index (χ0) is 19.6. The second-order valence-corrected chi connectivity index (χ2v) is 8.37. The van der Waals surface area contributed by atoms with E-state index in [1.807, 2.05) is 12.1 Å². The molecule has 3 aromatic rings. The summed E-state index contributed by atoms with van der Waals surface area (Å²) in [5.74, 6) is 1.65. The number of nitrogens with one attached hydrogen (secondary N) is 1. The van der Waals surface area contributed by atoms with E-state index >= 15 is 0 Å². The molecule has 0 unspecified atom stereocenters. The normalized spacial score (nSPS) is 16.3. The Hall–Kier alpha value is -2.69. The number of piperidine rings is 1. The monoisotopic (exact) mass is 375 g/mol. The van der Waals surface area contributed by atoms with Gasteiger partial charge in [-0.25, -0.2) is 4.98 Å². The van der Waals surface area contributed by atoms with Gasteiger partial charge in [0, 0.05) is 25.8 Å². The first-order valence-electron chi connectivity index (χ1n) is 10.2. The van der Waals surface area contributed by atoms with Gasteiger partial charge in [0.1, 0.15) is 5.82 Å². The molecule has 0 radical (unpaired) electrons. The van der Waals surface area contributed by atoms with Crippen LogP contribution in [0.15, 0.2) is 42.6 Å². The summed E-state index contributed by atoms with van der Waals surface area (Å²) in [5, 5.41) is 4.53. The Labute approximate surface area is 167 Å². The summed E-state index contributed by atoms with van der Waals surface area (Å²) >= 11 is 0. The third-order valence-corrected chi connectivity index (χ3v) is 5.80. The summed E-state index contributed by atoms with van der Waals surface area (Å²) in [5.41, 5.74) is 3.83. The molecule has 3 heterocycles. The molecule has 0 bridgehead atoms. The summed E-state index contributed by atoms with van der Waals surface area (Å²) in [6.45, 7) is 9.60. The zero-order valence-electron chi connectivity index (χ0n) is 17.1. The van der Waals surface area contributed by atoms with Crippen LogP contribution in [0.25, 0.3) is 11.0 Å². The largest absolute Gasteiger partial charge is 0.365 e. The summed E-state index contributed by atoms with van der Waals surface area (Å²) in [6.07, 6.45) is 5.14. The number of rotatable bonds is 5. The maximum atomic E-state index is 4.91. The van der Waals surface area contributed by atoms with Crippen molar-refractivity contribution in [3.05, 3.63) is 53.7 Å². The van der Waals surface area contributed by atoms with Gasteiger partial charge in [-0.05, 0) is 47.9 Å². The number of hydrogen-bond acceptors (Lipinski definition) is 5. The predicted molar refractivity (Wildman–Crippen MR) is 116 cm³/mol. The molecular formula is C23H29N5. The lowest BCUT2D eigenvalue weighted by atomic mass is 9.83. The summed E-state index contributed by atoms with van der Waals surface area (Å²) in [4.78, 5) is 16.5. The van der Waals surface area contributed by atoms with E-state index in [2.05, 4.69) is 60.2 Å². The van der Waals surface area contributed by atoms with Gasteiger partial charge < -0.3 is 10.2 Å². The molecular weight excluding hydrogens is 346 g/mol. The molecule has 0 saturated carbocycles. The minimum absolute atomic E-state index is 0.399. The van der Waals surface area contributed by atoms with Crippen LogP contribution >= 0.6 is 0 Å². The molecule has 1 saturated heterocycles. The van der Waals surface area contributed by atoms with Gasteiger partial charge in [0.2, 0.25) is 5.95 Å². The van der Waals surface area contributed by atoms with E-state index in [1.54, 1.807) is 6.20 Å². The molecule has 5 nitrogen and oxygen atoms in total. The smallest absolute Gasteiger partial charge is 0.229 e. The van der Waals surface area contributed by atoms with E-state index in [0.29, 0.717) is 5.41 Å². The molecule has 0 spiro atoms. The van der Waals surface area contributed by atoms with Crippen LogP contribution in [0.5, 0.6) is 0 Å². The Morgan fingerprint density at radius 2 is 1.75 bits per heavy atom. The highest BCUT2D eigenvalue weighted by molar-refractivity contribution is 5.87. The lowest BCUT2D eigenvalue weighted by Gasteiger charge is -2.37. The van der Waals surface area contributed by atoms with E-state index in [9.17, 15) is 0 Å². The van der Waals surface area contributed by atoms with Crippen LogP contribution in [-0.2, 0) is 13.0 Å². The summed E-state index contributed by atoms with van der Waals surface area (Å²) in [6, 6.07) is 12.6. The van der Waals surface area contributed by atoms with Crippen molar-refractivity contribution in [3.8, 4) is 0 Å². The lowest BCUT2D eigenvalue weighted by molar-refractivity contribution is 0.278. The first kappa shape index (κ1) is 18.7. The quantitative estimate of drug-likeness (QED) is 0.692. The van der Waals surface area contributed by atoms with Crippen molar-refractivity contribution in [1.82, 2.24) is 15.0 Å². The zero-order valence-corrected chi connectivity index (χ0v) is 17.1. The van der Waals surface area contributed by atoms with Crippen molar-refractivity contribution in [2.45, 2.75) is 46.6 Å². The maximum absolute atomic E-state index is 4.91. The molecule has 2 aromatic heterocycles. The van der Waals surface area contributed by atoms with E-state index in [0.717, 1.165) is 61.7 Å². The van der Waals surface area contributed by atoms with Crippen LogP contribution in [0.2, 0.25) is 0 Å². The highest BCUT2D eigenvalue weighted by atomic mass is 15.3. The van der Waals surface area contributed by atoms with Crippen molar-refractivity contribution < 1.29 is 0 Å². The number of hydrogen-bond donors (Lipinski definition) is 1. The van der Waals surface area contributed by atoms with Gasteiger partial charge in [-0.2, -0.15) is 9.97 Å². The fraction of sp³-hybridized carbons (Fsp3) is 0.435. The first-order valence-corrected chi connectivity index (χ1v) is 10.2. The maximum Gasteiger partial charge on any atom is 0.229 e. The first-order chi connectivity index (χ1) is 13.6. The molecule has 1 aromatic carbocycles. The van der Waals surface area contributed by atoms with E-state index < -0.39 is 0 Å². The van der Waals surface area contributed by atoms with E-state index in [-0.39, 0.29) is 0 Å². The number of nitrogens with zero attached hydrogens (tertiary/aromatic N) is 4. The van der Waals surface area contributed by atoms with Crippen LogP contribution in [0.1, 0.15) is 44.7 Å². The fourth-order valence-electron chi connectivity index (χ4n) is 3.79. The van der Waals surface area contributed by atoms with Crippen LogP contribution in [0.4, 0.5) is 11.8 Å².